The van der Waals surface area contributed by atoms with Gasteiger partial charge in [0.2, 0.25) is 0 Å². The van der Waals surface area contributed by atoms with Crippen LogP contribution in [0, 0.1) is 0 Å². The first-order valence-corrected chi connectivity index (χ1v) is 10.7. The van der Waals surface area contributed by atoms with Crippen molar-refractivity contribution >= 4 is 23.0 Å². The second kappa shape index (κ2) is 9.75. The Hall–Kier alpha value is -5.18. The third kappa shape index (κ3) is 5.09. The molecule has 4 N–H and O–H groups in total. The van der Waals surface area contributed by atoms with Crippen LogP contribution in [0.15, 0.2) is 112 Å². The molecule has 9 heteroatoms. The van der Waals surface area contributed by atoms with Crippen molar-refractivity contribution < 1.29 is 4.42 Å². The summed E-state index contributed by atoms with van der Waals surface area (Å²) in [5, 5.41) is 0. The predicted molar refractivity (Wildman–Crippen MR) is 134 cm³/mol. The van der Waals surface area contributed by atoms with E-state index in [1.54, 1.807) is 37.2 Å². The number of nitrogens with two attached hydrogens (primary N) is 2. The van der Waals surface area contributed by atoms with E-state index in [4.69, 9.17) is 15.9 Å². The van der Waals surface area contributed by atoms with E-state index in [9.17, 15) is 0 Å². The van der Waals surface area contributed by atoms with E-state index < -0.39 is 0 Å². The number of nitrogens with zero attached hydrogens (tertiary/aromatic N) is 6. The lowest BCUT2D eigenvalue weighted by Crippen LogP contribution is -2.14. The molecule has 0 unspecified atom stereocenters. The monoisotopic (exact) mass is 460 g/mol. The van der Waals surface area contributed by atoms with Crippen molar-refractivity contribution in [2.75, 3.05) is 0 Å². The minimum Gasteiger partial charge on any atom is -0.456 e. The SMILES string of the molecule is NC(=Nc1ccc(-c2ccc(-c3ccc(N=C(N)c4cnccn4)cc3)o2)cc1)c1cnccn1. The van der Waals surface area contributed by atoms with E-state index in [2.05, 4.69) is 29.9 Å². The summed E-state index contributed by atoms with van der Waals surface area (Å²) >= 11 is 0. The Kier molecular flexibility index (Phi) is 6.03. The molecule has 5 rings (SSSR count). The van der Waals surface area contributed by atoms with Crippen LogP contribution in [-0.4, -0.2) is 31.6 Å². The number of aliphatic imine (C=N–C) groups is 2. The molecule has 0 aliphatic rings. The molecule has 170 valence electrons. The number of rotatable bonds is 6. The second-order valence-electron chi connectivity index (χ2n) is 7.43. The molecule has 0 aliphatic heterocycles. The quantitative estimate of drug-likeness (QED) is 0.285. The van der Waals surface area contributed by atoms with Crippen molar-refractivity contribution in [2.24, 2.45) is 21.5 Å². The van der Waals surface area contributed by atoms with Gasteiger partial charge in [-0.25, -0.2) is 20.0 Å². The number of benzene rings is 2. The lowest BCUT2D eigenvalue weighted by atomic mass is 10.1. The fourth-order valence-corrected chi connectivity index (χ4v) is 3.30. The van der Waals surface area contributed by atoms with Crippen LogP contribution in [-0.2, 0) is 0 Å². The van der Waals surface area contributed by atoms with Gasteiger partial charge in [0, 0.05) is 35.9 Å². The van der Waals surface area contributed by atoms with Gasteiger partial charge < -0.3 is 15.9 Å². The zero-order chi connectivity index (χ0) is 24.0. The van der Waals surface area contributed by atoms with Crippen molar-refractivity contribution in [3.8, 4) is 22.6 Å². The summed E-state index contributed by atoms with van der Waals surface area (Å²) in [6.45, 7) is 0. The molecule has 0 amide bonds. The van der Waals surface area contributed by atoms with E-state index in [1.807, 2.05) is 60.7 Å². The molecule has 5 aromatic rings. The molecule has 0 saturated heterocycles. The van der Waals surface area contributed by atoms with Gasteiger partial charge in [0.1, 0.15) is 22.9 Å². The van der Waals surface area contributed by atoms with Gasteiger partial charge in [-0.05, 0) is 60.7 Å². The standard InChI is InChI=1S/C26H20N8O/c27-25(21-15-29-11-13-31-21)33-19-5-1-17(2-6-19)23-9-10-24(35-23)18-3-7-20(8-4-18)34-26(28)22-16-30-12-14-32-22/h1-16H,(H2,27,33)(H2,28,34). The van der Waals surface area contributed by atoms with E-state index >= 15 is 0 Å². The number of hydrogen-bond donors (Lipinski definition) is 2. The Morgan fingerprint density at radius 1 is 0.571 bits per heavy atom. The Morgan fingerprint density at radius 2 is 1.00 bits per heavy atom. The predicted octanol–water partition coefficient (Wildman–Crippen LogP) is 4.27. The largest absolute Gasteiger partial charge is 0.456 e. The highest BCUT2D eigenvalue weighted by Gasteiger charge is 2.08. The first-order chi connectivity index (χ1) is 17.2. The topological polar surface area (TPSA) is 141 Å². The maximum Gasteiger partial charge on any atom is 0.151 e. The Bertz CT molecular complexity index is 1360. The van der Waals surface area contributed by atoms with E-state index in [0.29, 0.717) is 34.4 Å². The van der Waals surface area contributed by atoms with Gasteiger partial charge in [0.25, 0.3) is 0 Å². The fraction of sp³-hybridized carbons (Fsp3) is 0. The first kappa shape index (κ1) is 21.7. The molecule has 0 fully saturated rings. The normalized spacial score (nSPS) is 12.0. The van der Waals surface area contributed by atoms with Crippen LogP contribution in [0.5, 0.6) is 0 Å². The fourth-order valence-electron chi connectivity index (χ4n) is 3.30. The Labute approximate surface area is 201 Å². The van der Waals surface area contributed by atoms with Gasteiger partial charge in [0.15, 0.2) is 11.7 Å². The van der Waals surface area contributed by atoms with Gasteiger partial charge in [-0.3, -0.25) is 9.97 Å². The summed E-state index contributed by atoms with van der Waals surface area (Å²) in [5.41, 5.74) is 16.4. The van der Waals surface area contributed by atoms with Gasteiger partial charge in [-0.2, -0.15) is 0 Å². The average molecular weight is 461 g/mol. The summed E-state index contributed by atoms with van der Waals surface area (Å²) in [7, 11) is 0. The van der Waals surface area contributed by atoms with Crippen molar-refractivity contribution in [2.45, 2.75) is 0 Å². The number of aromatic nitrogens is 4. The molecule has 0 atom stereocenters. The number of hydrogen-bond acceptors (Lipinski definition) is 7. The zero-order valence-electron chi connectivity index (χ0n) is 18.5. The number of amidine groups is 2. The molecule has 9 nitrogen and oxygen atoms in total. The summed E-state index contributed by atoms with van der Waals surface area (Å²) < 4.78 is 6.08. The summed E-state index contributed by atoms with van der Waals surface area (Å²) in [6.07, 6.45) is 9.47. The van der Waals surface area contributed by atoms with Crippen LogP contribution in [0.25, 0.3) is 22.6 Å². The highest BCUT2D eigenvalue weighted by Crippen LogP contribution is 2.30. The molecule has 0 bridgehead atoms. The van der Waals surface area contributed by atoms with E-state index in [-0.39, 0.29) is 0 Å². The van der Waals surface area contributed by atoms with Gasteiger partial charge in [-0.1, -0.05) is 0 Å². The average Bonchev–Trinajstić information content (AvgIpc) is 3.41. The molecule has 3 aromatic heterocycles. The van der Waals surface area contributed by atoms with E-state index in [1.165, 1.54) is 0 Å². The van der Waals surface area contributed by atoms with Crippen LogP contribution in [0.1, 0.15) is 11.4 Å². The van der Waals surface area contributed by atoms with Gasteiger partial charge >= 0.3 is 0 Å². The first-order valence-electron chi connectivity index (χ1n) is 10.7. The van der Waals surface area contributed by atoms with Crippen molar-refractivity contribution in [3.63, 3.8) is 0 Å². The van der Waals surface area contributed by atoms with Crippen molar-refractivity contribution in [1.82, 2.24) is 19.9 Å². The smallest absolute Gasteiger partial charge is 0.151 e. The third-order valence-corrected chi connectivity index (χ3v) is 5.06. The van der Waals surface area contributed by atoms with Crippen molar-refractivity contribution in [1.29, 1.82) is 0 Å². The van der Waals surface area contributed by atoms with Crippen LogP contribution in [0.3, 0.4) is 0 Å². The molecule has 35 heavy (non-hydrogen) atoms. The summed E-state index contributed by atoms with van der Waals surface area (Å²) in [5.74, 6) is 2.09. The van der Waals surface area contributed by atoms with E-state index in [0.717, 1.165) is 22.6 Å². The minimum atomic E-state index is 0.303. The zero-order valence-corrected chi connectivity index (χ0v) is 18.5. The number of furan rings is 1. The molecule has 0 radical (unpaired) electrons. The summed E-state index contributed by atoms with van der Waals surface area (Å²) in [6, 6.07) is 19.1. The lowest BCUT2D eigenvalue weighted by Gasteiger charge is -2.02. The summed E-state index contributed by atoms with van der Waals surface area (Å²) in [4.78, 5) is 25.1. The van der Waals surface area contributed by atoms with Crippen LogP contribution in [0.2, 0.25) is 0 Å². The molecular formula is C26H20N8O. The third-order valence-electron chi connectivity index (χ3n) is 5.06. The molecule has 3 heterocycles. The molecule has 0 saturated carbocycles. The van der Waals surface area contributed by atoms with Crippen LogP contribution >= 0.6 is 0 Å². The molecular weight excluding hydrogens is 440 g/mol. The second-order valence-corrected chi connectivity index (χ2v) is 7.43. The highest BCUT2D eigenvalue weighted by molar-refractivity contribution is 5.97. The maximum absolute atomic E-state index is 6.08. The van der Waals surface area contributed by atoms with Crippen LogP contribution < -0.4 is 11.5 Å². The molecule has 0 aliphatic carbocycles. The Balaban J connectivity index is 1.30. The highest BCUT2D eigenvalue weighted by atomic mass is 16.3. The lowest BCUT2D eigenvalue weighted by molar-refractivity contribution is 0.597. The molecule has 2 aromatic carbocycles. The van der Waals surface area contributed by atoms with Gasteiger partial charge in [0.05, 0.1) is 23.8 Å². The minimum absolute atomic E-state index is 0.303. The molecule has 0 spiro atoms. The van der Waals surface area contributed by atoms with Crippen molar-refractivity contribution in [3.05, 3.63) is 109 Å². The Morgan fingerprint density at radius 3 is 1.37 bits per heavy atom. The van der Waals surface area contributed by atoms with Crippen LogP contribution in [0.4, 0.5) is 11.4 Å². The van der Waals surface area contributed by atoms with Gasteiger partial charge in [-0.15, -0.1) is 0 Å². The maximum atomic E-state index is 6.08.